The molecule has 1 atom stereocenters. The van der Waals surface area contributed by atoms with Gasteiger partial charge in [-0.2, -0.15) is 0 Å². The van der Waals surface area contributed by atoms with Crippen molar-refractivity contribution in [3.8, 4) is 0 Å². The Morgan fingerprint density at radius 1 is 1.26 bits per heavy atom. The summed E-state index contributed by atoms with van der Waals surface area (Å²) < 4.78 is 1.92. The van der Waals surface area contributed by atoms with Crippen molar-refractivity contribution in [3.05, 3.63) is 53.9 Å². The van der Waals surface area contributed by atoms with Gasteiger partial charge in [-0.25, -0.2) is 15.0 Å². The quantitative estimate of drug-likeness (QED) is 0.764. The second kappa shape index (κ2) is 6.74. The van der Waals surface area contributed by atoms with Crippen LogP contribution in [0.15, 0.2) is 36.8 Å². The van der Waals surface area contributed by atoms with Gasteiger partial charge >= 0.3 is 0 Å². The van der Waals surface area contributed by atoms with Gasteiger partial charge in [-0.15, -0.1) is 0 Å². The van der Waals surface area contributed by atoms with E-state index in [9.17, 15) is 4.79 Å². The van der Waals surface area contributed by atoms with Gasteiger partial charge in [0.1, 0.15) is 12.4 Å². The van der Waals surface area contributed by atoms with Crippen molar-refractivity contribution in [1.29, 1.82) is 0 Å². The second-order valence-electron chi connectivity index (χ2n) is 7.32. The molecule has 1 N–H and O–H groups in total. The van der Waals surface area contributed by atoms with E-state index < -0.39 is 0 Å². The van der Waals surface area contributed by atoms with E-state index in [0.717, 1.165) is 54.0 Å². The first-order valence-corrected chi connectivity index (χ1v) is 9.51. The summed E-state index contributed by atoms with van der Waals surface area (Å²) in [5.74, 6) is 1.47. The molecule has 5 rings (SSSR count). The van der Waals surface area contributed by atoms with E-state index >= 15 is 0 Å². The van der Waals surface area contributed by atoms with Gasteiger partial charge < -0.3 is 14.8 Å². The van der Waals surface area contributed by atoms with Crippen LogP contribution in [0.1, 0.15) is 29.4 Å². The van der Waals surface area contributed by atoms with Gasteiger partial charge in [-0.3, -0.25) is 4.79 Å². The van der Waals surface area contributed by atoms with Crippen molar-refractivity contribution in [2.45, 2.75) is 31.8 Å². The van der Waals surface area contributed by atoms with Crippen molar-refractivity contribution in [3.63, 3.8) is 0 Å². The Morgan fingerprint density at radius 2 is 2.19 bits per heavy atom. The zero-order valence-electron chi connectivity index (χ0n) is 15.1. The highest BCUT2D eigenvalue weighted by Gasteiger charge is 2.25. The second-order valence-corrected chi connectivity index (χ2v) is 7.32. The first-order valence-electron chi connectivity index (χ1n) is 9.51. The molecule has 0 spiro atoms. The van der Waals surface area contributed by atoms with Crippen LogP contribution < -0.4 is 5.32 Å². The number of amides is 1. The minimum Gasteiger partial charge on any atom is -0.336 e. The molecule has 138 valence electrons. The largest absolute Gasteiger partial charge is 0.336 e. The molecule has 1 amide bonds. The minimum atomic E-state index is 0.105. The van der Waals surface area contributed by atoms with Crippen LogP contribution in [0.2, 0.25) is 0 Å². The molecule has 1 fully saturated rings. The van der Waals surface area contributed by atoms with Crippen molar-refractivity contribution in [2.24, 2.45) is 0 Å². The third kappa shape index (κ3) is 3.08. The maximum atomic E-state index is 12.8. The Hall–Kier alpha value is -2.80. The van der Waals surface area contributed by atoms with Crippen LogP contribution in [0.4, 0.5) is 0 Å². The maximum Gasteiger partial charge on any atom is 0.242 e. The smallest absolute Gasteiger partial charge is 0.242 e. The number of para-hydroxylation sites is 2. The monoisotopic (exact) mass is 362 g/mol. The summed E-state index contributed by atoms with van der Waals surface area (Å²) >= 11 is 0. The first-order chi connectivity index (χ1) is 13.3. The Labute approximate surface area is 157 Å². The van der Waals surface area contributed by atoms with Crippen LogP contribution in [-0.2, 0) is 24.3 Å². The third-order valence-corrected chi connectivity index (χ3v) is 5.56. The average Bonchev–Trinajstić information content (AvgIpc) is 3.38. The average molecular weight is 362 g/mol. The first kappa shape index (κ1) is 16.4. The summed E-state index contributed by atoms with van der Waals surface area (Å²) in [4.78, 5) is 28.5. The van der Waals surface area contributed by atoms with Gasteiger partial charge in [0, 0.05) is 43.7 Å². The third-order valence-electron chi connectivity index (χ3n) is 5.56. The predicted molar refractivity (Wildman–Crippen MR) is 101 cm³/mol. The van der Waals surface area contributed by atoms with Crippen LogP contribution in [0.3, 0.4) is 0 Å². The fourth-order valence-corrected chi connectivity index (χ4v) is 4.00. The molecule has 7 nitrogen and oxygen atoms in total. The highest BCUT2D eigenvalue weighted by atomic mass is 16.2. The number of nitrogens with one attached hydrogen (secondary N) is 1. The van der Waals surface area contributed by atoms with E-state index in [2.05, 4.69) is 15.3 Å². The molecule has 0 saturated carbocycles. The van der Waals surface area contributed by atoms with E-state index in [1.54, 1.807) is 6.33 Å². The Kier molecular flexibility index (Phi) is 4.09. The van der Waals surface area contributed by atoms with E-state index in [1.165, 1.54) is 0 Å². The van der Waals surface area contributed by atoms with E-state index in [1.807, 2.05) is 39.9 Å². The van der Waals surface area contributed by atoms with Crippen LogP contribution in [0.25, 0.3) is 11.0 Å². The van der Waals surface area contributed by atoms with Gasteiger partial charge in [0.25, 0.3) is 0 Å². The number of carbonyl (C=O) groups is 1. The lowest BCUT2D eigenvalue weighted by atomic mass is 10.0. The molecule has 7 heteroatoms. The molecule has 0 bridgehead atoms. The van der Waals surface area contributed by atoms with Crippen molar-refractivity contribution >= 4 is 16.9 Å². The molecule has 0 aliphatic carbocycles. The minimum absolute atomic E-state index is 0.105. The molecule has 1 unspecified atom stereocenters. The summed E-state index contributed by atoms with van der Waals surface area (Å²) in [6.45, 7) is 3.60. The Bertz CT molecular complexity index is 991. The molecular weight excluding hydrogens is 340 g/mol. The van der Waals surface area contributed by atoms with Crippen LogP contribution in [-0.4, -0.2) is 50.0 Å². The van der Waals surface area contributed by atoms with Gasteiger partial charge in [0.05, 0.1) is 23.1 Å². The van der Waals surface area contributed by atoms with E-state index in [-0.39, 0.29) is 5.91 Å². The van der Waals surface area contributed by atoms with E-state index in [4.69, 9.17) is 4.98 Å². The number of benzene rings is 1. The zero-order valence-corrected chi connectivity index (χ0v) is 15.1. The highest BCUT2D eigenvalue weighted by molar-refractivity contribution is 5.80. The van der Waals surface area contributed by atoms with Gasteiger partial charge in [-0.05, 0) is 25.1 Å². The maximum absolute atomic E-state index is 12.8. The standard InChI is InChI=1S/C20H22N6O/c27-19(12-26-13-23-17-3-1-2-4-18(17)26)25-8-6-16-15(11-25)10-22-20(24-16)14-5-7-21-9-14/h1-4,10,13-14,21H,5-9,11-12H2. The molecule has 1 saturated heterocycles. The molecule has 2 aliphatic rings. The fraction of sp³-hybridized carbons (Fsp3) is 0.400. The zero-order chi connectivity index (χ0) is 18.2. The SMILES string of the molecule is O=C(Cn1cnc2ccccc21)N1CCc2nc(C3CCNC3)ncc2C1. The van der Waals surface area contributed by atoms with Crippen LogP contribution in [0, 0.1) is 0 Å². The number of hydrogen-bond acceptors (Lipinski definition) is 5. The van der Waals surface area contributed by atoms with Crippen molar-refractivity contribution in [1.82, 2.24) is 29.7 Å². The molecule has 4 heterocycles. The summed E-state index contributed by atoms with van der Waals surface area (Å²) in [7, 11) is 0. The van der Waals surface area contributed by atoms with E-state index in [0.29, 0.717) is 25.6 Å². The highest BCUT2D eigenvalue weighted by Crippen LogP contribution is 2.23. The molecule has 2 aromatic heterocycles. The topological polar surface area (TPSA) is 75.9 Å². The summed E-state index contributed by atoms with van der Waals surface area (Å²) in [5.41, 5.74) is 4.07. The number of nitrogens with zero attached hydrogens (tertiary/aromatic N) is 5. The summed E-state index contributed by atoms with van der Waals surface area (Å²) in [6.07, 6.45) is 5.55. The predicted octanol–water partition coefficient (Wildman–Crippen LogP) is 1.49. The molecule has 2 aliphatic heterocycles. The normalized spacial score (nSPS) is 19.4. The molecule has 1 aromatic carbocycles. The lowest BCUT2D eigenvalue weighted by Crippen LogP contribution is -2.38. The number of aromatic nitrogens is 4. The lowest BCUT2D eigenvalue weighted by molar-refractivity contribution is -0.132. The lowest BCUT2D eigenvalue weighted by Gasteiger charge is -2.28. The number of carbonyl (C=O) groups excluding carboxylic acids is 1. The van der Waals surface area contributed by atoms with Crippen molar-refractivity contribution in [2.75, 3.05) is 19.6 Å². The molecule has 0 radical (unpaired) electrons. The molecule has 27 heavy (non-hydrogen) atoms. The van der Waals surface area contributed by atoms with Crippen LogP contribution in [0.5, 0.6) is 0 Å². The number of rotatable bonds is 3. The number of fused-ring (bicyclic) bond motifs is 2. The number of hydrogen-bond donors (Lipinski definition) is 1. The number of imidazole rings is 1. The Balaban J connectivity index is 1.30. The fourth-order valence-electron chi connectivity index (χ4n) is 4.00. The van der Waals surface area contributed by atoms with Gasteiger partial charge in [0.15, 0.2) is 0 Å². The molecular formula is C20H22N6O. The molecule has 3 aromatic rings. The Morgan fingerprint density at radius 3 is 3.07 bits per heavy atom. The summed E-state index contributed by atoms with van der Waals surface area (Å²) in [5, 5.41) is 3.37. The van der Waals surface area contributed by atoms with Gasteiger partial charge in [0.2, 0.25) is 5.91 Å². The van der Waals surface area contributed by atoms with Gasteiger partial charge in [-0.1, -0.05) is 12.1 Å². The summed E-state index contributed by atoms with van der Waals surface area (Å²) in [6, 6.07) is 7.88. The van der Waals surface area contributed by atoms with Crippen LogP contribution >= 0.6 is 0 Å². The van der Waals surface area contributed by atoms with Crippen molar-refractivity contribution < 1.29 is 4.79 Å².